The maximum atomic E-state index is 12.5. The zero-order valence-corrected chi connectivity index (χ0v) is 18.5. The second-order valence-electron chi connectivity index (χ2n) is 5.44. The van der Waals surface area contributed by atoms with E-state index in [9.17, 15) is 14.9 Å². The molecule has 2 rings (SSSR count). The largest absolute Gasteiger partial charge is 0.493 e. The summed E-state index contributed by atoms with van der Waals surface area (Å²) in [4.78, 5) is 23.2. The number of carbonyl (C=O) groups is 2. The van der Waals surface area contributed by atoms with E-state index in [4.69, 9.17) is 37.8 Å². The third-order valence-electron chi connectivity index (χ3n) is 3.47. The van der Waals surface area contributed by atoms with Crippen molar-refractivity contribution in [2.75, 3.05) is 19.0 Å². The van der Waals surface area contributed by atoms with E-state index in [-0.39, 0.29) is 32.8 Å². The van der Waals surface area contributed by atoms with Crippen molar-refractivity contribution in [2.45, 2.75) is 0 Å². The quantitative estimate of drug-likeness (QED) is 0.298. The van der Waals surface area contributed by atoms with Gasteiger partial charge in [-0.2, -0.15) is 5.26 Å². The molecule has 10 heteroatoms. The number of nitrogens with one attached hydrogen (secondary N) is 1. The van der Waals surface area contributed by atoms with Crippen molar-refractivity contribution >= 4 is 69.4 Å². The van der Waals surface area contributed by atoms with Gasteiger partial charge in [-0.25, -0.2) is 4.79 Å². The fraction of sp³-hybridized carbons (Fsp3) is 0.105. The summed E-state index contributed by atoms with van der Waals surface area (Å²) in [6.07, 6.45) is 1.36. The summed E-state index contributed by atoms with van der Waals surface area (Å²) in [7, 11) is 1.39. The van der Waals surface area contributed by atoms with Gasteiger partial charge in [-0.15, -0.1) is 0 Å². The van der Waals surface area contributed by atoms with Gasteiger partial charge in [0, 0.05) is 0 Å². The number of carboxylic acids is 1. The summed E-state index contributed by atoms with van der Waals surface area (Å²) in [5, 5.41) is 21.1. The molecule has 0 aliphatic rings. The van der Waals surface area contributed by atoms with Crippen LogP contribution < -0.4 is 14.8 Å². The van der Waals surface area contributed by atoms with Gasteiger partial charge in [0.1, 0.15) is 11.6 Å². The van der Waals surface area contributed by atoms with E-state index in [0.717, 1.165) is 0 Å². The average molecular weight is 547 g/mol. The van der Waals surface area contributed by atoms with Crippen LogP contribution in [0.4, 0.5) is 5.69 Å². The number of rotatable bonds is 7. The lowest BCUT2D eigenvalue weighted by Gasteiger charge is -2.12. The van der Waals surface area contributed by atoms with E-state index in [2.05, 4.69) is 5.32 Å². The Morgan fingerprint density at radius 1 is 1.34 bits per heavy atom. The van der Waals surface area contributed by atoms with Gasteiger partial charge in [0.2, 0.25) is 0 Å². The minimum atomic E-state index is -1.13. The van der Waals surface area contributed by atoms with E-state index < -0.39 is 18.5 Å². The molecule has 0 atom stereocenters. The number of halogens is 3. The zero-order chi connectivity index (χ0) is 21.6. The first-order valence-electron chi connectivity index (χ1n) is 7.86. The van der Waals surface area contributed by atoms with E-state index in [1.165, 1.54) is 19.3 Å². The zero-order valence-electron chi connectivity index (χ0n) is 14.8. The Morgan fingerprint density at radius 2 is 2.07 bits per heavy atom. The van der Waals surface area contributed by atoms with Gasteiger partial charge in [0.05, 0.1) is 26.4 Å². The lowest BCUT2D eigenvalue weighted by Crippen LogP contribution is -2.14. The number of hydrogen-bond donors (Lipinski definition) is 2. The molecule has 0 aliphatic heterocycles. The van der Waals surface area contributed by atoms with Crippen molar-refractivity contribution in [3.05, 3.63) is 55.1 Å². The second-order valence-corrected chi connectivity index (χ2v) is 7.39. The Bertz CT molecular complexity index is 1030. The molecule has 0 radical (unpaired) electrons. The molecule has 2 aromatic rings. The molecule has 1 amide bonds. The standard InChI is InChI=1S/C19H13Cl2IN2O5/c1-28-15-7-10(6-13(22)18(15)29-9-16(25)26)5-11(8-23)19(27)24-14-4-2-3-12(20)17(14)21/h2-7H,9H2,1H3,(H,24,27)(H,25,26)/b11-5-. The number of hydrogen-bond acceptors (Lipinski definition) is 5. The minimum absolute atomic E-state index is 0.163. The normalized spacial score (nSPS) is 10.8. The first-order chi connectivity index (χ1) is 13.8. The molecule has 0 saturated heterocycles. The highest BCUT2D eigenvalue weighted by Crippen LogP contribution is 2.35. The number of anilines is 1. The summed E-state index contributed by atoms with van der Waals surface area (Å²) in [5.74, 6) is -1.28. The van der Waals surface area contributed by atoms with Crippen LogP contribution in [0.15, 0.2) is 35.9 Å². The van der Waals surface area contributed by atoms with Crippen molar-refractivity contribution in [3.8, 4) is 17.6 Å². The van der Waals surface area contributed by atoms with Crippen LogP contribution >= 0.6 is 45.8 Å². The first-order valence-corrected chi connectivity index (χ1v) is 9.69. The van der Waals surface area contributed by atoms with Crippen molar-refractivity contribution < 1.29 is 24.2 Å². The number of nitriles is 1. The van der Waals surface area contributed by atoms with Crippen LogP contribution in [0.3, 0.4) is 0 Å². The summed E-state index contributed by atoms with van der Waals surface area (Å²) >= 11 is 13.9. The molecule has 0 unspecified atom stereocenters. The molecule has 0 spiro atoms. The van der Waals surface area contributed by atoms with E-state index in [1.807, 2.05) is 28.7 Å². The number of amides is 1. The van der Waals surface area contributed by atoms with Gasteiger partial charge in [0.25, 0.3) is 5.91 Å². The highest BCUT2D eigenvalue weighted by molar-refractivity contribution is 14.1. The molecular formula is C19H13Cl2IN2O5. The molecular weight excluding hydrogens is 534 g/mol. The minimum Gasteiger partial charge on any atom is -0.493 e. The molecule has 2 N–H and O–H groups in total. The average Bonchev–Trinajstić information content (AvgIpc) is 2.68. The molecule has 7 nitrogen and oxygen atoms in total. The number of aliphatic carboxylic acids is 1. The Morgan fingerprint density at radius 3 is 2.69 bits per heavy atom. The van der Waals surface area contributed by atoms with Crippen LogP contribution in [-0.4, -0.2) is 30.7 Å². The smallest absolute Gasteiger partial charge is 0.341 e. The molecule has 0 saturated carbocycles. The fourth-order valence-corrected chi connectivity index (χ4v) is 3.33. The highest BCUT2D eigenvalue weighted by Gasteiger charge is 2.16. The third kappa shape index (κ3) is 6.00. The van der Waals surface area contributed by atoms with Crippen LogP contribution in [-0.2, 0) is 9.59 Å². The van der Waals surface area contributed by atoms with Crippen LogP contribution in [0.5, 0.6) is 11.5 Å². The fourth-order valence-electron chi connectivity index (χ4n) is 2.20. The van der Waals surface area contributed by atoms with Crippen LogP contribution in [0.2, 0.25) is 10.0 Å². The molecule has 0 bridgehead atoms. The highest BCUT2D eigenvalue weighted by atomic mass is 127. The molecule has 0 heterocycles. The van der Waals surface area contributed by atoms with E-state index in [1.54, 1.807) is 24.3 Å². The summed E-state index contributed by atoms with van der Waals surface area (Å²) in [6.45, 7) is -0.534. The molecule has 150 valence electrons. The Balaban J connectivity index is 2.33. The van der Waals surface area contributed by atoms with E-state index in [0.29, 0.717) is 9.13 Å². The van der Waals surface area contributed by atoms with Gasteiger partial charge in [0.15, 0.2) is 18.1 Å². The van der Waals surface area contributed by atoms with Gasteiger partial charge >= 0.3 is 5.97 Å². The molecule has 29 heavy (non-hydrogen) atoms. The molecule has 0 aromatic heterocycles. The predicted molar refractivity (Wildman–Crippen MR) is 118 cm³/mol. The number of methoxy groups -OCH3 is 1. The van der Waals surface area contributed by atoms with Gasteiger partial charge in [-0.1, -0.05) is 29.3 Å². The summed E-state index contributed by atoms with van der Waals surface area (Å²) < 4.78 is 11.0. The van der Waals surface area contributed by atoms with Gasteiger partial charge < -0.3 is 19.9 Å². The van der Waals surface area contributed by atoms with Crippen molar-refractivity contribution in [1.29, 1.82) is 5.26 Å². The van der Waals surface area contributed by atoms with Gasteiger partial charge in [-0.3, -0.25) is 4.79 Å². The van der Waals surface area contributed by atoms with Crippen molar-refractivity contribution in [2.24, 2.45) is 0 Å². The topological polar surface area (TPSA) is 109 Å². The van der Waals surface area contributed by atoms with Crippen LogP contribution in [0.25, 0.3) is 6.08 Å². The lowest BCUT2D eigenvalue weighted by atomic mass is 10.1. The Kier molecular flexibility index (Phi) is 8.13. The summed E-state index contributed by atoms with van der Waals surface area (Å²) in [6, 6.07) is 9.73. The maximum absolute atomic E-state index is 12.5. The number of ether oxygens (including phenoxy) is 2. The maximum Gasteiger partial charge on any atom is 0.341 e. The lowest BCUT2D eigenvalue weighted by molar-refractivity contribution is -0.139. The van der Waals surface area contributed by atoms with Crippen LogP contribution in [0, 0.1) is 14.9 Å². The Labute approximate surface area is 190 Å². The Hall–Kier alpha value is -2.48. The number of carbonyl (C=O) groups excluding carboxylic acids is 1. The monoisotopic (exact) mass is 546 g/mol. The number of carboxylic acid groups (broad SMARTS) is 1. The van der Waals surface area contributed by atoms with Crippen molar-refractivity contribution in [3.63, 3.8) is 0 Å². The summed E-state index contributed by atoms with van der Waals surface area (Å²) in [5.41, 5.74) is 0.575. The van der Waals surface area contributed by atoms with E-state index >= 15 is 0 Å². The third-order valence-corrected chi connectivity index (χ3v) is 5.09. The number of benzene rings is 2. The first kappa shape index (κ1) is 22.8. The molecule has 2 aromatic carbocycles. The second kappa shape index (κ2) is 10.3. The predicted octanol–water partition coefficient (Wildman–Crippen LogP) is 4.62. The SMILES string of the molecule is COc1cc(/C=C(/C#N)C(=O)Nc2cccc(Cl)c2Cl)cc(I)c1OCC(=O)O. The van der Waals surface area contributed by atoms with Crippen LogP contribution in [0.1, 0.15) is 5.56 Å². The molecule has 0 fully saturated rings. The van der Waals surface area contributed by atoms with Gasteiger partial charge in [-0.05, 0) is 58.5 Å². The number of nitrogens with zero attached hydrogens (tertiary/aromatic N) is 1. The molecule has 0 aliphatic carbocycles. The van der Waals surface area contributed by atoms with Crippen molar-refractivity contribution in [1.82, 2.24) is 0 Å².